The molecule has 2 aromatic carbocycles. The number of nitrogens with one attached hydrogen (secondary N) is 1. The van der Waals surface area contributed by atoms with Gasteiger partial charge in [-0.15, -0.1) is 0 Å². The Kier molecular flexibility index (Phi) is 5.06. The van der Waals surface area contributed by atoms with Gasteiger partial charge in [-0.1, -0.05) is 6.07 Å². The number of alkyl halides is 3. The second kappa shape index (κ2) is 7.27. The first-order valence-corrected chi connectivity index (χ1v) is 8.30. The smallest absolute Gasteiger partial charge is 0.416 e. The number of carbonyl (C=O) groups is 1. The van der Waals surface area contributed by atoms with Crippen molar-refractivity contribution in [1.82, 2.24) is 5.32 Å². The number of hydrogen-bond donors (Lipinski definition) is 2. The second-order valence-corrected chi connectivity index (χ2v) is 6.28. The van der Waals surface area contributed by atoms with E-state index in [0.717, 1.165) is 42.5 Å². The minimum absolute atomic E-state index is 0.108. The molecule has 3 rings (SSSR count). The standard InChI is InChI=1S/C19H19F3N2O2/c20-19(21,22)13-4-7-15(8-5-13)26-11-18(25)24-17-3-1-2-12-10-14(23)6-9-16(12)17/h4-10,17H,1-3,11,23H2,(H,24,25). The fraction of sp³-hybridized carbons (Fsp3) is 0.316. The Labute approximate surface area is 149 Å². The number of nitrogens with two attached hydrogens (primary N) is 1. The molecule has 26 heavy (non-hydrogen) atoms. The maximum Gasteiger partial charge on any atom is 0.416 e. The van der Waals surface area contributed by atoms with Gasteiger partial charge in [-0.05, 0) is 66.8 Å². The van der Waals surface area contributed by atoms with Gasteiger partial charge in [-0.2, -0.15) is 13.2 Å². The molecule has 0 fully saturated rings. The summed E-state index contributed by atoms with van der Waals surface area (Å²) in [6.07, 6.45) is -1.70. The molecule has 1 atom stereocenters. The van der Waals surface area contributed by atoms with E-state index in [4.69, 9.17) is 10.5 Å². The van der Waals surface area contributed by atoms with E-state index < -0.39 is 11.7 Å². The number of aryl methyl sites for hydroxylation is 1. The number of rotatable bonds is 4. The molecular formula is C19H19F3N2O2. The summed E-state index contributed by atoms with van der Waals surface area (Å²) in [6, 6.07) is 9.80. The van der Waals surface area contributed by atoms with Gasteiger partial charge in [-0.3, -0.25) is 4.79 Å². The monoisotopic (exact) mass is 364 g/mol. The summed E-state index contributed by atoms with van der Waals surface area (Å²) in [4.78, 5) is 12.1. The molecule has 1 aliphatic rings. The molecule has 0 aromatic heterocycles. The lowest BCUT2D eigenvalue weighted by Gasteiger charge is -2.26. The van der Waals surface area contributed by atoms with Crippen LogP contribution in [0.5, 0.6) is 5.75 Å². The highest BCUT2D eigenvalue weighted by Gasteiger charge is 2.30. The maximum absolute atomic E-state index is 12.5. The molecule has 0 heterocycles. The van der Waals surface area contributed by atoms with Gasteiger partial charge in [0, 0.05) is 5.69 Å². The molecule has 2 aromatic rings. The van der Waals surface area contributed by atoms with Gasteiger partial charge in [0.2, 0.25) is 0 Å². The van der Waals surface area contributed by atoms with Gasteiger partial charge in [-0.25, -0.2) is 0 Å². The van der Waals surface area contributed by atoms with E-state index in [1.807, 2.05) is 18.2 Å². The van der Waals surface area contributed by atoms with Crippen LogP contribution in [-0.2, 0) is 17.4 Å². The Hall–Kier alpha value is -2.70. The summed E-state index contributed by atoms with van der Waals surface area (Å²) in [6.45, 7) is -0.258. The predicted octanol–water partition coefficient (Wildman–Crippen LogP) is 3.86. The van der Waals surface area contributed by atoms with Crippen LogP contribution in [0.25, 0.3) is 0 Å². The molecule has 0 saturated heterocycles. The van der Waals surface area contributed by atoms with Crippen LogP contribution in [0.2, 0.25) is 0 Å². The SMILES string of the molecule is Nc1ccc2c(c1)CCCC2NC(=O)COc1ccc(C(F)(F)F)cc1. The van der Waals surface area contributed by atoms with Crippen LogP contribution in [0, 0.1) is 0 Å². The van der Waals surface area contributed by atoms with Crippen LogP contribution in [0.1, 0.15) is 35.6 Å². The van der Waals surface area contributed by atoms with Crippen molar-refractivity contribution in [3.8, 4) is 5.75 Å². The zero-order chi connectivity index (χ0) is 18.7. The van der Waals surface area contributed by atoms with Gasteiger partial charge in [0.25, 0.3) is 5.91 Å². The quantitative estimate of drug-likeness (QED) is 0.810. The van der Waals surface area contributed by atoms with E-state index in [0.29, 0.717) is 5.69 Å². The average Bonchev–Trinajstić information content (AvgIpc) is 2.59. The number of hydrogen-bond acceptors (Lipinski definition) is 3. The third kappa shape index (κ3) is 4.28. The van der Waals surface area contributed by atoms with Crippen LogP contribution >= 0.6 is 0 Å². The summed E-state index contributed by atoms with van der Waals surface area (Å²) in [5, 5.41) is 2.92. The number of fused-ring (bicyclic) bond motifs is 1. The predicted molar refractivity (Wildman–Crippen MR) is 91.6 cm³/mol. The molecule has 1 aliphatic carbocycles. The van der Waals surface area contributed by atoms with Crippen molar-refractivity contribution >= 4 is 11.6 Å². The Morgan fingerprint density at radius 3 is 2.62 bits per heavy atom. The Bertz CT molecular complexity index is 788. The Morgan fingerprint density at radius 2 is 1.92 bits per heavy atom. The topological polar surface area (TPSA) is 64.3 Å². The molecule has 138 valence electrons. The first kappa shape index (κ1) is 18.1. The lowest BCUT2D eigenvalue weighted by molar-refractivity contribution is -0.137. The van der Waals surface area contributed by atoms with Gasteiger partial charge < -0.3 is 15.8 Å². The largest absolute Gasteiger partial charge is 0.484 e. The first-order valence-electron chi connectivity index (χ1n) is 8.30. The number of ether oxygens (including phenoxy) is 1. The minimum Gasteiger partial charge on any atom is -0.484 e. The summed E-state index contributed by atoms with van der Waals surface area (Å²) >= 11 is 0. The summed E-state index contributed by atoms with van der Waals surface area (Å²) in [5.74, 6) is -0.107. The molecule has 1 amide bonds. The Morgan fingerprint density at radius 1 is 1.19 bits per heavy atom. The van der Waals surface area contributed by atoms with Gasteiger partial charge in [0.05, 0.1) is 11.6 Å². The highest BCUT2D eigenvalue weighted by Crippen LogP contribution is 2.31. The molecule has 0 aliphatic heterocycles. The molecule has 4 nitrogen and oxygen atoms in total. The van der Waals surface area contributed by atoms with E-state index in [1.165, 1.54) is 12.1 Å². The van der Waals surface area contributed by atoms with Crippen molar-refractivity contribution in [3.05, 3.63) is 59.2 Å². The molecule has 0 radical (unpaired) electrons. The molecular weight excluding hydrogens is 345 g/mol. The summed E-state index contributed by atoms with van der Waals surface area (Å²) in [5.41, 5.74) is 7.92. The molecule has 0 saturated carbocycles. The van der Waals surface area contributed by atoms with Crippen LogP contribution < -0.4 is 15.8 Å². The van der Waals surface area contributed by atoms with Gasteiger partial charge >= 0.3 is 6.18 Å². The number of halogens is 3. The highest BCUT2D eigenvalue weighted by atomic mass is 19.4. The zero-order valence-corrected chi connectivity index (χ0v) is 14.0. The maximum atomic E-state index is 12.5. The zero-order valence-electron chi connectivity index (χ0n) is 14.0. The number of benzene rings is 2. The molecule has 0 bridgehead atoms. The van der Waals surface area contributed by atoms with E-state index in [2.05, 4.69) is 5.32 Å². The highest BCUT2D eigenvalue weighted by molar-refractivity contribution is 5.78. The van der Waals surface area contributed by atoms with Crippen LogP contribution in [-0.4, -0.2) is 12.5 Å². The number of anilines is 1. The van der Waals surface area contributed by atoms with Crippen molar-refractivity contribution in [2.75, 3.05) is 12.3 Å². The van der Waals surface area contributed by atoms with Crippen molar-refractivity contribution in [2.45, 2.75) is 31.5 Å². The molecule has 0 spiro atoms. The average molecular weight is 364 g/mol. The minimum atomic E-state index is -4.40. The van der Waals surface area contributed by atoms with Crippen molar-refractivity contribution in [1.29, 1.82) is 0 Å². The summed E-state index contributed by atoms with van der Waals surface area (Å²) < 4.78 is 42.9. The molecule has 3 N–H and O–H groups in total. The van der Waals surface area contributed by atoms with E-state index in [9.17, 15) is 18.0 Å². The summed E-state index contributed by atoms with van der Waals surface area (Å²) in [7, 11) is 0. The van der Waals surface area contributed by atoms with Crippen molar-refractivity contribution in [3.63, 3.8) is 0 Å². The number of carbonyl (C=O) groups excluding carboxylic acids is 1. The normalized spacial score (nSPS) is 16.7. The fourth-order valence-electron chi connectivity index (χ4n) is 3.11. The van der Waals surface area contributed by atoms with Crippen LogP contribution in [0.15, 0.2) is 42.5 Å². The Balaban J connectivity index is 1.57. The third-order valence-corrected chi connectivity index (χ3v) is 4.37. The van der Waals surface area contributed by atoms with E-state index in [-0.39, 0.29) is 24.3 Å². The van der Waals surface area contributed by atoms with E-state index in [1.54, 1.807) is 0 Å². The number of nitrogen functional groups attached to an aromatic ring is 1. The molecule has 7 heteroatoms. The lowest BCUT2D eigenvalue weighted by Crippen LogP contribution is -2.34. The van der Waals surface area contributed by atoms with Crippen LogP contribution in [0.3, 0.4) is 0 Å². The van der Waals surface area contributed by atoms with Gasteiger partial charge in [0.15, 0.2) is 6.61 Å². The van der Waals surface area contributed by atoms with Gasteiger partial charge in [0.1, 0.15) is 5.75 Å². The second-order valence-electron chi connectivity index (χ2n) is 6.28. The first-order chi connectivity index (χ1) is 12.3. The molecule has 1 unspecified atom stereocenters. The van der Waals surface area contributed by atoms with Crippen LogP contribution in [0.4, 0.5) is 18.9 Å². The third-order valence-electron chi connectivity index (χ3n) is 4.37. The number of amides is 1. The van der Waals surface area contributed by atoms with Crippen molar-refractivity contribution < 1.29 is 22.7 Å². The fourth-order valence-corrected chi connectivity index (χ4v) is 3.11. The lowest BCUT2D eigenvalue weighted by atomic mass is 9.87. The van der Waals surface area contributed by atoms with Crippen molar-refractivity contribution in [2.24, 2.45) is 0 Å². The van der Waals surface area contributed by atoms with E-state index >= 15 is 0 Å².